The molecule has 14 heavy (non-hydrogen) atoms. The highest BCUT2D eigenvalue weighted by Gasteiger charge is 1.93. The molecule has 1 aromatic heterocycles. The van der Waals surface area contributed by atoms with Crippen LogP contribution in [-0.4, -0.2) is 4.98 Å². The first-order chi connectivity index (χ1) is 6.93. The molecule has 1 heteroatoms. The lowest BCUT2D eigenvalue weighted by Crippen LogP contribution is -1.89. The van der Waals surface area contributed by atoms with Crippen molar-refractivity contribution in [2.24, 2.45) is 0 Å². The number of nitrogens with zero attached hydrogens (tertiary/aromatic N) is 1. The number of pyridine rings is 1. The SMILES string of the molecule is CCCCCCCCc1cc[c]cn1. The Morgan fingerprint density at radius 1 is 1.14 bits per heavy atom. The molecular formula is C13H20N. The van der Waals surface area contributed by atoms with E-state index in [4.69, 9.17) is 0 Å². The molecule has 0 aliphatic heterocycles. The van der Waals surface area contributed by atoms with Crippen molar-refractivity contribution >= 4 is 0 Å². The third-order valence-corrected chi connectivity index (χ3v) is 2.46. The molecule has 1 rings (SSSR count). The Bertz CT molecular complexity index is 218. The van der Waals surface area contributed by atoms with Crippen molar-refractivity contribution in [1.82, 2.24) is 4.98 Å². The molecule has 0 fully saturated rings. The smallest absolute Gasteiger partial charge is 0.0404 e. The summed E-state index contributed by atoms with van der Waals surface area (Å²) in [7, 11) is 0. The summed E-state index contributed by atoms with van der Waals surface area (Å²) in [6.45, 7) is 2.25. The molecule has 0 saturated heterocycles. The van der Waals surface area contributed by atoms with E-state index in [0.29, 0.717) is 0 Å². The van der Waals surface area contributed by atoms with Crippen LogP contribution in [0.2, 0.25) is 0 Å². The van der Waals surface area contributed by atoms with Crippen molar-refractivity contribution in [3.05, 3.63) is 30.1 Å². The standard InChI is InChI=1S/C13H20N/c1-2-3-4-5-6-7-10-13-11-8-9-12-14-13/h8,11-12H,2-7,10H2,1H3. The Morgan fingerprint density at radius 2 is 1.93 bits per heavy atom. The highest BCUT2D eigenvalue weighted by atomic mass is 14.7. The summed E-state index contributed by atoms with van der Waals surface area (Å²) >= 11 is 0. The average molecular weight is 190 g/mol. The number of hydrogen-bond donors (Lipinski definition) is 0. The van der Waals surface area contributed by atoms with Crippen molar-refractivity contribution in [3.8, 4) is 0 Å². The van der Waals surface area contributed by atoms with Crippen molar-refractivity contribution in [1.29, 1.82) is 0 Å². The highest BCUT2D eigenvalue weighted by Crippen LogP contribution is 2.07. The van der Waals surface area contributed by atoms with Gasteiger partial charge >= 0.3 is 0 Å². The lowest BCUT2D eigenvalue weighted by atomic mass is 10.1. The van der Waals surface area contributed by atoms with Gasteiger partial charge in [0, 0.05) is 18.0 Å². The second kappa shape index (κ2) is 7.54. The summed E-state index contributed by atoms with van der Waals surface area (Å²) in [5, 5.41) is 0. The summed E-state index contributed by atoms with van der Waals surface area (Å²) in [5.41, 5.74) is 1.21. The van der Waals surface area contributed by atoms with Gasteiger partial charge in [-0.3, -0.25) is 4.98 Å². The number of hydrogen-bond acceptors (Lipinski definition) is 1. The van der Waals surface area contributed by atoms with Crippen LogP contribution in [0, 0.1) is 6.07 Å². The summed E-state index contributed by atoms with van der Waals surface area (Å²) in [4.78, 5) is 4.26. The van der Waals surface area contributed by atoms with Gasteiger partial charge in [-0.2, -0.15) is 0 Å². The van der Waals surface area contributed by atoms with Crippen LogP contribution in [0.5, 0.6) is 0 Å². The van der Waals surface area contributed by atoms with Gasteiger partial charge in [0.25, 0.3) is 0 Å². The van der Waals surface area contributed by atoms with Gasteiger partial charge in [0.1, 0.15) is 0 Å². The Balaban J connectivity index is 1.99. The maximum atomic E-state index is 4.26. The van der Waals surface area contributed by atoms with Gasteiger partial charge in [0.15, 0.2) is 0 Å². The minimum atomic E-state index is 1.13. The van der Waals surface area contributed by atoms with Gasteiger partial charge in [0.05, 0.1) is 0 Å². The molecule has 0 bridgehead atoms. The Morgan fingerprint density at radius 3 is 2.64 bits per heavy atom. The van der Waals surface area contributed by atoms with E-state index in [1.54, 1.807) is 6.20 Å². The number of unbranched alkanes of at least 4 members (excludes halogenated alkanes) is 5. The molecular weight excluding hydrogens is 170 g/mol. The van der Waals surface area contributed by atoms with Crippen LogP contribution < -0.4 is 0 Å². The van der Waals surface area contributed by atoms with Crippen LogP contribution in [0.15, 0.2) is 18.3 Å². The topological polar surface area (TPSA) is 12.9 Å². The molecule has 1 nitrogen and oxygen atoms in total. The van der Waals surface area contributed by atoms with Gasteiger partial charge < -0.3 is 0 Å². The Labute approximate surface area is 87.6 Å². The summed E-state index contributed by atoms with van der Waals surface area (Å²) < 4.78 is 0. The second-order valence-corrected chi connectivity index (χ2v) is 3.77. The maximum absolute atomic E-state index is 4.26. The molecule has 77 valence electrons. The minimum absolute atomic E-state index is 1.13. The van der Waals surface area contributed by atoms with E-state index in [1.807, 2.05) is 6.07 Å². The van der Waals surface area contributed by atoms with E-state index in [0.717, 1.165) is 6.42 Å². The molecule has 0 unspecified atom stereocenters. The van der Waals surface area contributed by atoms with E-state index in [2.05, 4.69) is 24.0 Å². The zero-order valence-corrected chi connectivity index (χ0v) is 9.13. The van der Waals surface area contributed by atoms with Gasteiger partial charge in [-0.1, -0.05) is 45.1 Å². The van der Waals surface area contributed by atoms with E-state index in [1.165, 1.54) is 44.2 Å². The molecule has 0 aliphatic carbocycles. The molecule has 0 aliphatic rings. The first-order valence-electron chi connectivity index (χ1n) is 5.74. The maximum Gasteiger partial charge on any atom is 0.0404 e. The molecule has 0 aromatic carbocycles. The monoisotopic (exact) mass is 190 g/mol. The van der Waals surface area contributed by atoms with Crippen LogP contribution in [0.25, 0.3) is 0 Å². The molecule has 0 spiro atoms. The van der Waals surface area contributed by atoms with Crippen LogP contribution >= 0.6 is 0 Å². The van der Waals surface area contributed by atoms with E-state index >= 15 is 0 Å². The lowest BCUT2D eigenvalue weighted by Gasteiger charge is -2.00. The largest absolute Gasteiger partial charge is 0.261 e. The third-order valence-electron chi connectivity index (χ3n) is 2.46. The fourth-order valence-electron chi connectivity index (χ4n) is 1.58. The first-order valence-corrected chi connectivity index (χ1v) is 5.74. The molecule has 0 atom stereocenters. The minimum Gasteiger partial charge on any atom is -0.261 e. The van der Waals surface area contributed by atoms with E-state index in [-0.39, 0.29) is 0 Å². The van der Waals surface area contributed by atoms with Crippen molar-refractivity contribution < 1.29 is 0 Å². The highest BCUT2D eigenvalue weighted by molar-refractivity contribution is 5.02. The van der Waals surface area contributed by atoms with Gasteiger partial charge in [-0.25, -0.2) is 0 Å². The van der Waals surface area contributed by atoms with Crippen molar-refractivity contribution in [3.63, 3.8) is 0 Å². The van der Waals surface area contributed by atoms with Crippen LogP contribution in [0.1, 0.15) is 51.1 Å². The zero-order chi connectivity index (χ0) is 10.1. The predicted octanol–water partition coefficient (Wildman–Crippen LogP) is 3.78. The molecule has 1 aromatic rings. The van der Waals surface area contributed by atoms with Gasteiger partial charge in [0.2, 0.25) is 0 Å². The van der Waals surface area contributed by atoms with Crippen LogP contribution in [0.4, 0.5) is 0 Å². The Kier molecular flexibility index (Phi) is 6.05. The quantitative estimate of drug-likeness (QED) is 0.596. The first kappa shape index (κ1) is 11.2. The fourth-order valence-corrected chi connectivity index (χ4v) is 1.58. The molecule has 0 amide bonds. The second-order valence-electron chi connectivity index (χ2n) is 3.77. The fraction of sp³-hybridized carbons (Fsp3) is 0.615. The Hall–Kier alpha value is -0.850. The third kappa shape index (κ3) is 5.00. The molecule has 1 heterocycles. The van der Waals surface area contributed by atoms with Crippen LogP contribution in [0.3, 0.4) is 0 Å². The van der Waals surface area contributed by atoms with Gasteiger partial charge in [-0.05, 0) is 18.9 Å². The lowest BCUT2D eigenvalue weighted by molar-refractivity contribution is 0.604. The van der Waals surface area contributed by atoms with Crippen molar-refractivity contribution in [2.75, 3.05) is 0 Å². The van der Waals surface area contributed by atoms with E-state index < -0.39 is 0 Å². The molecule has 1 radical (unpaired) electrons. The van der Waals surface area contributed by atoms with Gasteiger partial charge in [-0.15, -0.1) is 0 Å². The normalized spacial score (nSPS) is 10.4. The van der Waals surface area contributed by atoms with E-state index in [9.17, 15) is 0 Å². The summed E-state index contributed by atoms with van der Waals surface area (Å²) in [6, 6.07) is 6.95. The number of rotatable bonds is 7. The predicted molar refractivity (Wildman–Crippen MR) is 60.2 cm³/mol. The summed E-state index contributed by atoms with van der Waals surface area (Å²) in [5.74, 6) is 0. The van der Waals surface area contributed by atoms with Crippen LogP contribution in [-0.2, 0) is 6.42 Å². The number of aryl methyl sites for hydroxylation is 1. The summed E-state index contributed by atoms with van der Waals surface area (Å²) in [6.07, 6.45) is 11.0. The van der Waals surface area contributed by atoms with Crippen molar-refractivity contribution in [2.45, 2.75) is 51.9 Å². The average Bonchev–Trinajstić information content (AvgIpc) is 2.25. The zero-order valence-electron chi connectivity index (χ0n) is 9.13. The number of aromatic nitrogens is 1. The molecule has 0 saturated carbocycles. The molecule has 0 N–H and O–H groups in total.